The summed E-state index contributed by atoms with van der Waals surface area (Å²) in [5, 5.41) is 20.3. The fraction of sp³-hybridized carbons (Fsp3) is 0.100. The lowest BCUT2D eigenvalue weighted by Crippen LogP contribution is -2.17. The maximum Gasteiger partial charge on any atom is 0.573 e. The number of ether oxygens (including phenoxy) is 1. The van der Waals surface area contributed by atoms with Crippen LogP contribution in [-0.4, -0.2) is 12.1 Å². The highest BCUT2D eigenvalue weighted by atomic mass is 127. The molecule has 0 aliphatic heterocycles. The number of hydrazone groups is 1. The summed E-state index contributed by atoms with van der Waals surface area (Å²) >= 11 is 7.49. The van der Waals surface area contributed by atoms with Crippen molar-refractivity contribution in [3.63, 3.8) is 0 Å². The molecule has 0 aliphatic rings. The monoisotopic (exact) mass is 414 g/mol. The van der Waals surface area contributed by atoms with Gasteiger partial charge < -0.3 is 4.74 Å². The molecule has 5 nitrogen and oxygen atoms in total. The molecule has 0 saturated heterocycles. The van der Waals surface area contributed by atoms with Crippen molar-refractivity contribution in [3.8, 4) is 17.9 Å². The molecule has 1 aromatic carbocycles. The quantitative estimate of drug-likeness (QED) is 0.465. The molecule has 1 rings (SSSR count). The smallest absolute Gasteiger partial charge is 0.406 e. The fourth-order valence-corrected chi connectivity index (χ4v) is 2.17. The van der Waals surface area contributed by atoms with Crippen LogP contribution in [0.15, 0.2) is 17.2 Å². The zero-order valence-corrected chi connectivity index (χ0v) is 12.2. The third kappa shape index (κ3) is 4.75. The molecule has 1 N–H and O–H groups in total. The van der Waals surface area contributed by atoms with Gasteiger partial charge in [-0.3, -0.25) is 5.43 Å². The Bertz CT molecular complexity index is 594. The Kier molecular flexibility index (Phi) is 5.42. The average Bonchev–Trinajstić information content (AvgIpc) is 2.30. The van der Waals surface area contributed by atoms with Crippen molar-refractivity contribution in [2.45, 2.75) is 6.36 Å². The van der Waals surface area contributed by atoms with Crippen LogP contribution in [0, 0.1) is 26.2 Å². The Morgan fingerprint density at radius 3 is 2.40 bits per heavy atom. The third-order valence-corrected chi connectivity index (χ3v) is 2.89. The first-order valence-electron chi connectivity index (χ1n) is 4.65. The lowest BCUT2D eigenvalue weighted by Gasteiger charge is -2.12. The van der Waals surface area contributed by atoms with Crippen molar-refractivity contribution in [3.05, 3.63) is 20.7 Å². The second-order valence-electron chi connectivity index (χ2n) is 3.11. The first-order valence-corrected chi connectivity index (χ1v) is 6.11. The van der Waals surface area contributed by atoms with Crippen LogP contribution < -0.4 is 10.2 Å². The molecule has 20 heavy (non-hydrogen) atoms. The number of halogens is 5. The third-order valence-electron chi connectivity index (χ3n) is 1.74. The minimum Gasteiger partial charge on any atom is -0.406 e. The molecule has 0 unspecified atom stereocenters. The van der Waals surface area contributed by atoms with E-state index in [9.17, 15) is 13.2 Å². The van der Waals surface area contributed by atoms with E-state index in [2.05, 4.69) is 15.3 Å². The number of nitrogens with zero attached hydrogens (tertiary/aromatic N) is 3. The summed E-state index contributed by atoms with van der Waals surface area (Å²) in [4.78, 5) is 0. The van der Waals surface area contributed by atoms with E-state index in [0.29, 0.717) is 0 Å². The van der Waals surface area contributed by atoms with Crippen LogP contribution in [0.3, 0.4) is 0 Å². The van der Waals surface area contributed by atoms with Gasteiger partial charge in [-0.1, -0.05) is 11.6 Å². The Hall–Kier alpha value is -1.72. The molecular weight excluding hydrogens is 411 g/mol. The van der Waals surface area contributed by atoms with E-state index < -0.39 is 17.8 Å². The van der Waals surface area contributed by atoms with Crippen molar-refractivity contribution >= 4 is 45.6 Å². The van der Waals surface area contributed by atoms with Crippen LogP contribution in [0.2, 0.25) is 5.02 Å². The summed E-state index contributed by atoms with van der Waals surface area (Å²) in [6.07, 6.45) is -4.83. The standard InChI is InChI=1S/C10H3ClF3IN4O/c11-7-1-6(20-10(12,13)14)2-8(15)9(7)19-18-5(3-16)4-17/h1-2,19H. The van der Waals surface area contributed by atoms with Gasteiger partial charge in [-0.05, 0) is 28.7 Å². The first kappa shape index (κ1) is 16.3. The molecule has 10 heteroatoms. The van der Waals surface area contributed by atoms with Crippen LogP contribution in [-0.2, 0) is 0 Å². The number of rotatable bonds is 3. The molecule has 0 bridgehead atoms. The maximum absolute atomic E-state index is 12.1. The molecular formula is C10H3ClF3IN4O. The normalized spacial score (nSPS) is 10.2. The Morgan fingerprint density at radius 1 is 1.35 bits per heavy atom. The van der Waals surface area contributed by atoms with Crippen molar-refractivity contribution in [1.29, 1.82) is 10.5 Å². The predicted octanol–water partition coefficient (Wildman–Crippen LogP) is 3.66. The number of anilines is 1. The molecule has 104 valence electrons. The van der Waals surface area contributed by atoms with Gasteiger partial charge in [0.2, 0.25) is 5.71 Å². The van der Waals surface area contributed by atoms with Crippen molar-refractivity contribution in [2.24, 2.45) is 5.10 Å². The number of hydrogen-bond acceptors (Lipinski definition) is 5. The summed E-state index contributed by atoms with van der Waals surface area (Å²) in [6, 6.07) is 5.04. The number of hydrogen-bond donors (Lipinski definition) is 1. The minimum absolute atomic E-state index is 0.102. The topological polar surface area (TPSA) is 81.2 Å². The summed E-state index contributed by atoms with van der Waals surface area (Å²) in [5.74, 6) is -0.484. The van der Waals surface area contributed by atoms with E-state index in [-0.39, 0.29) is 14.3 Å². The van der Waals surface area contributed by atoms with Crippen LogP contribution in [0.4, 0.5) is 18.9 Å². The first-order chi connectivity index (χ1) is 9.26. The maximum atomic E-state index is 12.1. The summed E-state index contributed by atoms with van der Waals surface area (Å²) in [5.41, 5.74) is 2.05. The molecule has 0 atom stereocenters. The van der Waals surface area contributed by atoms with E-state index in [0.717, 1.165) is 12.1 Å². The summed E-state index contributed by atoms with van der Waals surface area (Å²) in [6.45, 7) is 0. The zero-order chi connectivity index (χ0) is 15.3. The number of nitriles is 2. The van der Waals surface area contributed by atoms with Crippen LogP contribution in [0.25, 0.3) is 0 Å². The van der Waals surface area contributed by atoms with E-state index in [1.54, 1.807) is 22.6 Å². The molecule has 0 aliphatic carbocycles. The van der Waals surface area contributed by atoms with E-state index >= 15 is 0 Å². The molecule has 0 amide bonds. The molecule has 1 aromatic rings. The number of nitrogens with one attached hydrogen (secondary N) is 1. The van der Waals surface area contributed by atoms with Gasteiger partial charge >= 0.3 is 6.36 Å². The van der Waals surface area contributed by atoms with Gasteiger partial charge in [-0.2, -0.15) is 15.6 Å². The average molecular weight is 415 g/mol. The SMILES string of the molecule is N#CC(C#N)=NNc1c(Cl)cc(OC(F)(F)F)cc1I. The largest absolute Gasteiger partial charge is 0.573 e. The van der Waals surface area contributed by atoms with Gasteiger partial charge in [0, 0.05) is 9.64 Å². The predicted molar refractivity (Wildman–Crippen MR) is 73.1 cm³/mol. The fourth-order valence-electron chi connectivity index (χ4n) is 1.04. The van der Waals surface area contributed by atoms with Gasteiger partial charge in [0.15, 0.2) is 0 Å². The second-order valence-corrected chi connectivity index (χ2v) is 4.67. The van der Waals surface area contributed by atoms with Crippen LogP contribution in [0.1, 0.15) is 0 Å². The van der Waals surface area contributed by atoms with Gasteiger partial charge in [0.1, 0.15) is 17.9 Å². The molecule has 0 heterocycles. The molecule has 0 fully saturated rings. The number of alkyl halides is 3. The highest BCUT2D eigenvalue weighted by Gasteiger charge is 2.31. The summed E-state index contributed by atoms with van der Waals surface area (Å²) < 4.78 is 40.2. The highest BCUT2D eigenvalue weighted by molar-refractivity contribution is 14.1. The highest BCUT2D eigenvalue weighted by Crippen LogP contribution is 2.34. The van der Waals surface area contributed by atoms with Crippen molar-refractivity contribution in [1.82, 2.24) is 0 Å². The van der Waals surface area contributed by atoms with Crippen molar-refractivity contribution in [2.75, 3.05) is 5.43 Å². The lowest BCUT2D eigenvalue weighted by atomic mass is 10.3. The van der Waals surface area contributed by atoms with Crippen LogP contribution >= 0.6 is 34.2 Å². The molecule has 0 radical (unpaired) electrons. The van der Waals surface area contributed by atoms with Crippen LogP contribution in [0.5, 0.6) is 5.75 Å². The Labute approximate surface area is 129 Å². The summed E-state index contributed by atoms with van der Waals surface area (Å²) in [7, 11) is 0. The van der Waals surface area contributed by atoms with Gasteiger partial charge in [0.25, 0.3) is 0 Å². The zero-order valence-electron chi connectivity index (χ0n) is 9.29. The van der Waals surface area contributed by atoms with Gasteiger partial charge in [-0.25, -0.2) is 0 Å². The molecule has 0 saturated carbocycles. The second kappa shape index (κ2) is 6.63. The minimum atomic E-state index is -4.83. The Morgan fingerprint density at radius 2 is 1.95 bits per heavy atom. The van der Waals surface area contributed by atoms with E-state index in [1.807, 2.05) is 0 Å². The van der Waals surface area contributed by atoms with E-state index in [1.165, 1.54) is 12.1 Å². The van der Waals surface area contributed by atoms with E-state index in [4.69, 9.17) is 22.1 Å². The van der Waals surface area contributed by atoms with Gasteiger partial charge in [-0.15, -0.1) is 13.2 Å². The van der Waals surface area contributed by atoms with Gasteiger partial charge in [0.05, 0.1) is 10.7 Å². The molecule has 0 aromatic heterocycles. The Balaban J connectivity index is 3.05. The molecule has 0 spiro atoms. The lowest BCUT2D eigenvalue weighted by molar-refractivity contribution is -0.274. The number of benzene rings is 1. The van der Waals surface area contributed by atoms with Crippen molar-refractivity contribution < 1.29 is 17.9 Å².